The third kappa shape index (κ3) is 8.46. The molecule has 2 heterocycles. The maximum atomic E-state index is 13.0. The van der Waals surface area contributed by atoms with Crippen molar-refractivity contribution in [3.63, 3.8) is 0 Å². The van der Waals surface area contributed by atoms with Crippen molar-refractivity contribution < 1.29 is 19.1 Å². The van der Waals surface area contributed by atoms with Crippen molar-refractivity contribution in [2.24, 2.45) is 5.92 Å². The van der Waals surface area contributed by atoms with E-state index >= 15 is 0 Å². The number of likely N-dealkylation sites (tertiary alicyclic amines) is 1. The van der Waals surface area contributed by atoms with Gasteiger partial charge in [-0.1, -0.05) is 48.0 Å². The van der Waals surface area contributed by atoms with Crippen LogP contribution in [0.15, 0.2) is 60.0 Å². The smallest absolute Gasteiger partial charge is 0.254 e. The van der Waals surface area contributed by atoms with E-state index in [0.717, 1.165) is 37.9 Å². The Balaban J connectivity index is 1.25. The van der Waals surface area contributed by atoms with Gasteiger partial charge in [0, 0.05) is 37.7 Å². The van der Waals surface area contributed by atoms with Crippen LogP contribution in [0.2, 0.25) is 0 Å². The van der Waals surface area contributed by atoms with Crippen molar-refractivity contribution in [2.75, 3.05) is 45.2 Å². The van der Waals surface area contributed by atoms with Gasteiger partial charge in [0.15, 0.2) is 5.13 Å². The van der Waals surface area contributed by atoms with Crippen LogP contribution in [0, 0.1) is 12.8 Å². The summed E-state index contributed by atoms with van der Waals surface area (Å²) in [7, 11) is 1.56. The lowest BCUT2D eigenvalue weighted by Crippen LogP contribution is -2.40. The van der Waals surface area contributed by atoms with Crippen molar-refractivity contribution in [1.29, 1.82) is 0 Å². The Hall–Kier alpha value is -3.56. The molecule has 8 nitrogen and oxygen atoms in total. The Bertz CT molecular complexity index is 1240. The normalized spacial score (nSPS) is 13.7. The highest BCUT2D eigenvalue weighted by Crippen LogP contribution is 2.23. The van der Waals surface area contributed by atoms with E-state index in [9.17, 15) is 14.4 Å². The molecule has 0 aliphatic carbocycles. The van der Waals surface area contributed by atoms with E-state index in [-0.39, 0.29) is 37.2 Å². The van der Waals surface area contributed by atoms with Gasteiger partial charge in [0.25, 0.3) is 5.91 Å². The molecule has 0 spiro atoms. The maximum absolute atomic E-state index is 13.0. The third-order valence-electron chi connectivity index (χ3n) is 6.95. The fourth-order valence-corrected chi connectivity index (χ4v) is 5.44. The molecule has 0 atom stereocenters. The molecule has 1 fully saturated rings. The number of ether oxygens (including phenoxy) is 1. The lowest BCUT2D eigenvalue weighted by atomic mass is 9.90. The van der Waals surface area contributed by atoms with Gasteiger partial charge in [0.2, 0.25) is 11.8 Å². The number of thiazole rings is 1. The molecular formula is C30H36N4O4S. The number of amides is 3. The summed E-state index contributed by atoms with van der Waals surface area (Å²) in [5.74, 6) is 0.0732. The molecule has 1 saturated heterocycles. The number of benzene rings is 2. The van der Waals surface area contributed by atoms with Gasteiger partial charge in [-0.15, -0.1) is 11.3 Å². The molecule has 0 unspecified atom stereocenters. The van der Waals surface area contributed by atoms with Crippen LogP contribution < -0.4 is 5.32 Å². The molecule has 3 aromatic rings. The van der Waals surface area contributed by atoms with Gasteiger partial charge < -0.3 is 19.9 Å². The molecule has 4 rings (SSSR count). The standard InChI is InChI=1S/C30H36N4O4S/c1-22-8-10-25(11-9-22)29(37)34(16-17-38-2)20-27(35)32-30-31-26(21-39-30)19-28(36)33-14-12-24(13-15-33)18-23-6-4-3-5-7-23/h3-11,21,24H,12-20H2,1-2H3,(H,31,32,35). The molecule has 1 aliphatic heterocycles. The maximum Gasteiger partial charge on any atom is 0.254 e. The van der Waals surface area contributed by atoms with Crippen LogP contribution in [0.5, 0.6) is 0 Å². The van der Waals surface area contributed by atoms with E-state index in [1.165, 1.54) is 21.8 Å². The average Bonchev–Trinajstić information content (AvgIpc) is 3.38. The van der Waals surface area contributed by atoms with Crippen LogP contribution in [0.25, 0.3) is 0 Å². The molecule has 3 amide bonds. The van der Waals surface area contributed by atoms with Gasteiger partial charge >= 0.3 is 0 Å². The molecule has 1 N–H and O–H groups in total. The number of carbonyl (C=O) groups excluding carboxylic acids is 3. The topological polar surface area (TPSA) is 91.8 Å². The fraction of sp³-hybridized carbons (Fsp3) is 0.400. The summed E-state index contributed by atoms with van der Waals surface area (Å²) in [5.41, 5.74) is 3.56. The molecule has 1 aliphatic rings. The molecule has 39 heavy (non-hydrogen) atoms. The number of hydrogen-bond acceptors (Lipinski definition) is 6. The van der Waals surface area contributed by atoms with Crippen molar-refractivity contribution >= 4 is 34.2 Å². The largest absolute Gasteiger partial charge is 0.383 e. The number of aryl methyl sites for hydroxylation is 1. The predicted molar refractivity (Wildman–Crippen MR) is 153 cm³/mol. The van der Waals surface area contributed by atoms with E-state index in [4.69, 9.17) is 4.74 Å². The first kappa shape index (κ1) is 28.4. The minimum absolute atomic E-state index is 0.0609. The number of methoxy groups -OCH3 is 1. The van der Waals surface area contributed by atoms with Crippen molar-refractivity contribution in [3.05, 3.63) is 82.4 Å². The third-order valence-corrected chi connectivity index (χ3v) is 7.76. The van der Waals surface area contributed by atoms with Crippen molar-refractivity contribution in [1.82, 2.24) is 14.8 Å². The van der Waals surface area contributed by atoms with Crippen molar-refractivity contribution in [2.45, 2.75) is 32.6 Å². The van der Waals surface area contributed by atoms with Gasteiger partial charge in [-0.25, -0.2) is 4.98 Å². The second-order valence-electron chi connectivity index (χ2n) is 9.97. The number of carbonyl (C=O) groups is 3. The molecule has 0 saturated carbocycles. The Morgan fingerprint density at radius 1 is 1.08 bits per heavy atom. The van der Waals surface area contributed by atoms with Crippen LogP contribution in [0.3, 0.4) is 0 Å². The monoisotopic (exact) mass is 548 g/mol. The summed E-state index contributed by atoms with van der Waals surface area (Å²) in [6.45, 7) is 3.96. The van der Waals surface area contributed by atoms with Crippen LogP contribution in [-0.4, -0.2) is 72.4 Å². The van der Waals surface area contributed by atoms with Crippen LogP contribution in [0.1, 0.15) is 40.0 Å². The number of aromatic nitrogens is 1. The minimum Gasteiger partial charge on any atom is -0.383 e. The summed E-state index contributed by atoms with van der Waals surface area (Å²) in [5, 5.41) is 4.99. The fourth-order valence-electron chi connectivity index (χ4n) is 4.71. The lowest BCUT2D eigenvalue weighted by Gasteiger charge is -2.32. The quantitative estimate of drug-likeness (QED) is 0.388. The second kappa shape index (κ2) is 14.0. The Labute approximate surface area is 234 Å². The van der Waals surface area contributed by atoms with Crippen LogP contribution in [0.4, 0.5) is 5.13 Å². The first-order chi connectivity index (χ1) is 18.9. The summed E-state index contributed by atoms with van der Waals surface area (Å²) < 4.78 is 5.13. The Kier molecular flexibility index (Phi) is 10.2. The summed E-state index contributed by atoms with van der Waals surface area (Å²) in [6.07, 6.45) is 3.26. The number of hydrogen-bond donors (Lipinski definition) is 1. The minimum atomic E-state index is -0.348. The number of nitrogens with zero attached hydrogens (tertiary/aromatic N) is 3. The number of rotatable bonds is 11. The summed E-state index contributed by atoms with van der Waals surface area (Å²) in [4.78, 5) is 46.5. The van der Waals surface area contributed by atoms with Gasteiger partial charge in [0.05, 0.1) is 18.7 Å². The predicted octanol–water partition coefficient (Wildman–Crippen LogP) is 4.20. The summed E-state index contributed by atoms with van der Waals surface area (Å²) >= 11 is 1.28. The molecule has 2 aromatic carbocycles. The van der Waals surface area contributed by atoms with E-state index < -0.39 is 0 Å². The summed E-state index contributed by atoms with van der Waals surface area (Å²) in [6, 6.07) is 17.7. The van der Waals surface area contributed by atoms with E-state index in [2.05, 4.69) is 34.6 Å². The van der Waals surface area contributed by atoms with Gasteiger partial charge in [0.1, 0.15) is 6.54 Å². The zero-order valence-electron chi connectivity index (χ0n) is 22.6. The number of nitrogens with one attached hydrogen (secondary N) is 1. The molecule has 1 aromatic heterocycles. The first-order valence-corrected chi connectivity index (χ1v) is 14.2. The van der Waals surface area contributed by atoms with E-state index in [1.807, 2.05) is 30.0 Å². The van der Waals surface area contributed by atoms with Gasteiger partial charge in [-0.2, -0.15) is 0 Å². The zero-order chi connectivity index (χ0) is 27.6. The SMILES string of the molecule is COCCN(CC(=O)Nc1nc(CC(=O)N2CCC(Cc3ccccc3)CC2)cs1)C(=O)c1ccc(C)cc1. The van der Waals surface area contributed by atoms with E-state index in [1.54, 1.807) is 24.6 Å². The zero-order valence-corrected chi connectivity index (χ0v) is 23.4. The molecular weight excluding hydrogens is 512 g/mol. The van der Waals surface area contributed by atoms with Crippen LogP contribution >= 0.6 is 11.3 Å². The highest BCUT2D eigenvalue weighted by Gasteiger charge is 2.24. The molecule has 0 radical (unpaired) electrons. The Morgan fingerprint density at radius 3 is 2.49 bits per heavy atom. The second-order valence-corrected chi connectivity index (χ2v) is 10.8. The molecule has 9 heteroatoms. The average molecular weight is 549 g/mol. The van der Waals surface area contributed by atoms with Gasteiger partial charge in [-0.05, 0) is 49.8 Å². The van der Waals surface area contributed by atoms with Gasteiger partial charge in [-0.3, -0.25) is 14.4 Å². The molecule has 0 bridgehead atoms. The highest BCUT2D eigenvalue weighted by atomic mass is 32.1. The molecule has 206 valence electrons. The van der Waals surface area contributed by atoms with E-state index in [0.29, 0.717) is 28.9 Å². The number of piperidine rings is 1. The number of anilines is 1. The first-order valence-electron chi connectivity index (χ1n) is 13.3. The lowest BCUT2D eigenvalue weighted by molar-refractivity contribution is -0.131. The Morgan fingerprint density at radius 2 is 1.79 bits per heavy atom. The van der Waals surface area contributed by atoms with Crippen molar-refractivity contribution in [3.8, 4) is 0 Å². The van der Waals surface area contributed by atoms with Crippen LogP contribution in [-0.2, 0) is 27.2 Å². The highest BCUT2D eigenvalue weighted by molar-refractivity contribution is 7.13.